The summed E-state index contributed by atoms with van der Waals surface area (Å²) < 4.78 is 1.59. The minimum atomic E-state index is -1.14. The molecule has 3 N–H and O–H groups in total. The molecule has 1 fully saturated rings. The smallest absolute Gasteiger partial charge is 0.248 e. The van der Waals surface area contributed by atoms with Crippen LogP contribution in [0.2, 0.25) is 0 Å². The molecule has 0 spiro atoms. The summed E-state index contributed by atoms with van der Waals surface area (Å²) in [5.41, 5.74) is 5.04. The number of hydrogen-bond donors (Lipinski definition) is 2. The summed E-state index contributed by atoms with van der Waals surface area (Å²) in [5, 5.41) is 9.49. The molecule has 0 aromatic heterocycles. The van der Waals surface area contributed by atoms with E-state index >= 15 is 0 Å². The van der Waals surface area contributed by atoms with Crippen LogP contribution in [-0.2, 0) is 4.79 Å². The SMILES string of the molecule is NC(=O)C(O)C(CC1CCC1)N=CI. The van der Waals surface area contributed by atoms with Gasteiger partial charge in [-0.05, 0) is 34.9 Å². The summed E-state index contributed by atoms with van der Waals surface area (Å²) in [6, 6.07) is -0.352. The molecule has 4 nitrogen and oxygen atoms in total. The Morgan fingerprint density at radius 1 is 1.71 bits per heavy atom. The average molecular weight is 310 g/mol. The molecule has 0 saturated heterocycles. The van der Waals surface area contributed by atoms with E-state index in [4.69, 9.17) is 5.73 Å². The van der Waals surface area contributed by atoms with E-state index in [0.717, 1.165) is 6.42 Å². The maximum Gasteiger partial charge on any atom is 0.248 e. The number of nitrogens with zero attached hydrogens (tertiary/aromatic N) is 1. The first-order valence-electron chi connectivity index (χ1n) is 4.74. The zero-order chi connectivity index (χ0) is 10.6. The zero-order valence-electron chi connectivity index (χ0n) is 7.90. The molecule has 0 bridgehead atoms. The molecule has 1 aliphatic rings. The van der Waals surface area contributed by atoms with Gasteiger partial charge in [0.25, 0.3) is 0 Å². The normalized spacial score (nSPS) is 21.9. The molecule has 2 atom stereocenters. The van der Waals surface area contributed by atoms with Gasteiger partial charge in [0.1, 0.15) is 0 Å². The lowest BCUT2D eigenvalue weighted by atomic mass is 9.80. The third-order valence-corrected chi connectivity index (χ3v) is 3.02. The second-order valence-corrected chi connectivity index (χ2v) is 4.25. The number of aliphatic hydroxyl groups is 1. The monoisotopic (exact) mass is 310 g/mol. The molecule has 0 radical (unpaired) electrons. The van der Waals surface area contributed by atoms with Gasteiger partial charge in [-0.25, -0.2) is 0 Å². The van der Waals surface area contributed by atoms with Crippen LogP contribution in [0.4, 0.5) is 0 Å². The van der Waals surface area contributed by atoms with Gasteiger partial charge in [0.2, 0.25) is 5.91 Å². The Hall–Kier alpha value is -0.170. The summed E-state index contributed by atoms with van der Waals surface area (Å²) in [7, 11) is 0. The Morgan fingerprint density at radius 2 is 2.36 bits per heavy atom. The van der Waals surface area contributed by atoms with Crippen LogP contribution in [-0.4, -0.2) is 27.4 Å². The molecule has 0 aromatic carbocycles. The van der Waals surface area contributed by atoms with Crippen LogP contribution in [0.15, 0.2) is 4.99 Å². The minimum Gasteiger partial charge on any atom is -0.381 e. The van der Waals surface area contributed by atoms with Gasteiger partial charge < -0.3 is 10.8 Å². The van der Waals surface area contributed by atoms with Crippen molar-refractivity contribution in [2.75, 3.05) is 0 Å². The number of halogens is 1. The lowest BCUT2D eigenvalue weighted by Gasteiger charge is -2.29. The van der Waals surface area contributed by atoms with Gasteiger partial charge in [0.05, 0.1) is 10.3 Å². The molecule has 1 amide bonds. The van der Waals surface area contributed by atoms with Crippen LogP contribution in [0.1, 0.15) is 25.7 Å². The first-order valence-corrected chi connectivity index (χ1v) is 5.99. The Morgan fingerprint density at radius 3 is 2.71 bits per heavy atom. The van der Waals surface area contributed by atoms with E-state index in [-0.39, 0.29) is 6.04 Å². The average Bonchev–Trinajstić information content (AvgIpc) is 2.07. The van der Waals surface area contributed by atoms with E-state index < -0.39 is 12.0 Å². The van der Waals surface area contributed by atoms with Gasteiger partial charge in [0.15, 0.2) is 6.10 Å². The molecular formula is C9H15IN2O2. The summed E-state index contributed by atoms with van der Waals surface area (Å²) in [6.45, 7) is 0. The third kappa shape index (κ3) is 3.20. The Kier molecular flexibility index (Phi) is 4.80. The predicted octanol–water partition coefficient (Wildman–Crippen LogP) is 0.855. The van der Waals surface area contributed by atoms with Gasteiger partial charge >= 0.3 is 0 Å². The highest BCUT2D eigenvalue weighted by Gasteiger charge is 2.28. The number of nitrogens with two attached hydrogens (primary N) is 1. The lowest BCUT2D eigenvalue weighted by Crippen LogP contribution is -2.39. The summed E-state index contributed by atoms with van der Waals surface area (Å²) in [4.78, 5) is 14.9. The van der Waals surface area contributed by atoms with Crippen molar-refractivity contribution >= 4 is 32.7 Å². The Balaban J connectivity index is 2.48. The van der Waals surface area contributed by atoms with Gasteiger partial charge in [-0.1, -0.05) is 19.3 Å². The molecule has 80 valence electrons. The summed E-state index contributed by atoms with van der Waals surface area (Å²) >= 11 is 1.98. The molecule has 1 aliphatic carbocycles. The van der Waals surface area contributed by atoms with Crippen LogP contribution >= 0.6 is 22.6 Å². The number of hydrogen-bond acceptors (Lipinski definition) is 3. The van der Waals surface area contributed by atoms with Gasteiger partial charge in [-0.3, -0.25) is 9.79 Å². The lowest BCUT2D eigenvalue weighted by molar-refractivity contribution is -0.127. The van der Waals surface area contributed by atoms with E-state index in [2.05, 4.69) is 4.99 Å². The van der Waals surface area contributed by atoms with Crippen molar-refractivity contribution in [2.24, 2.45) is 16.6 Å². The van der Waals surface area contributed by atoms with Crippen molar-refractivity contribution in [3.63, 3.8) is 0 Å². The minimum absolute atomic E-state index is 0.352. The number of amides is 1. The fourth-order valence-electron chi connectivity index (χ4n) is 1.60. The highest BCUT2D eigenvalue weighted by Crippen LogP contribution is 2.31. The van der Waals surface area contributed by atoms with Crippen molar-refractivity contribution < 1.29 is 9.90 Å². The highest BCUT2D eigenvalue weighted by molar-refractivity contribution is 14.1. The second-order valence-electron chi connectivity index (χ2n) is 3.69. The van der Waals surface area contributed by atoms with Crippen LogP contribution in [0, 0.1) is 5.92 Å². The Labute approximate surface area is 97.1 Å². The molecule has 0 aliphatic heterocycles. The number of aliphatic hydroxyl groups excluding tert-OH is 1. The summed E-state index contributed by atoms with van der Waals surface area (Å²) in [5.74, 6) is -0.0783. The largest absolute Gasteiger partial charge is 0.381 e. The highest BCUT2D eigenvalue weighted by atomic mass is 127. The van der Waals surface area contributed by atoms with Crippen molar-refractivity contribution in [3.05, 3.63) is 0 Å². The molecule has 14 heavy (non-hydrogen) atoms. The van der Waals surface area contributed by atoms with Crippen LogP contribution in [0.25, 0.3) is 0 Å². The van der Waals surface area contributed by atoms with E-state index in [0.29, 0.717) is 5.92 Å². The zero-order valence-corrected chi connectivity index (χ0v) is 10.1. The fourth-order valence-corrected chi connectivity index (χ4v) is 2.02. The molecule has 1 saturated carbocycles. The maximum atomic E-state index is 10.8. The first-order chi connectivity index (χ1) is 6.65. The number of carbonyl (C=O) groups excluding carboxylic acids is 1. The summed E-state index contributed by atoms with van der Waals surface area (Å²) in [6.07, 6.45) is 3.24. The molecule has 0 aromatic rings. The van der Waals surface area contributed by atoms with Gasteiger partial charge in [0, 0.05) is 0 Å². The molecular weight excluding hydrogens is 295 g/mol. The number of carbonyl (C=O) groups is 1. The van der Waals surface area contributed by atoms with Crippen molar-refractivity contribution in [1.82, 2.24) is 0 Å². The maximum absolute atomic E-state index is 10.8. The van der Waals surface area contributed by atoms with E-state index in [1.165, 1.54) is 19.3 Å². The first kappa shape index (κ1) is 11.9. The number of rotatable bonds is 5. The number of primary amides is 1. The standard InChI is InChI=1S/C9H15IN2O2/c10-5-12-7(8(13)9(11)14)4-6-2-1-3-6/h5-8,13H,1-4H2,(H2,11,14). The van der Waals surface area contributed by atoms with E-state index in [1.54, 1.807) is 4.22 Å². The third-order valence-electron chi connectivity index (χ3n) is 2.70. The number of aliphatic imine (C=N–C) groups is 1. The predicted molar refractivity (Wildman–Crippen MR) is 63.5 cm³/mol. The van der Waals surface area contributed by atoms with Crippen LogP contribution in [0.5, 0.6) is 0 Å². The van der Waals surface area contributed by atoms with Crippen molar-refractivity contribution in [2.45, 2.75) is 37.8 Å². The van der Waals surface area contributed by atoms with Gasteiger partial charge in [-0.15, -0.1) is 0 Å². The molecule has 2 unspecified atom stereocenters. The fraction of sp³-hybridized carbons (Fsp3) is 0.778. The van der Waals surface area contributed by atoms with Crippen molar-refractivity contribution in [1.29, 1.82) is 0 Å². The van der Waals surface area contributed by atoms with Gasteiger partial charge in [-0.2, -0.15) is 0 Å². The van der Waals surface area contributed by atoms with E-state index in [1.807, 2.05) is 22.6 Å². The topological polar surface area (TPSA) is 75.7 Å². The second kappa shape index (κ2) is 5.65. The van der Waals surface area contributed by atoms with Crippen LogP contribution in [0.3, 0.4) is 0 Å². The van der Waals surface area contributed by atoms with Crippen LogP contribution < -0.4 is 5.73 Å². The molecule has 5 heteroatoms. The molecule has 0 heterocycles. The van der Waals surface area contributed by atoms with Crippen molar-refractivity contribution in [3.8, 4) is 0 Å². The quantitative estimate of drug-likeness (QED) is 0.583. The Bertz CT molecular complexity index is 229. The van der Waals surface area contributed by atoms with E-state index in [9.17, 15) is 9.90 Å². The molecule has 1 rings (SSSR count).